The summed E-state index contributed by atoms with van der Waals surface area (Å²) in [4.78, 5) is 17.3. The first-order valence-corrected chi connectivity index (χ1v) is 5.80. The molecular formula is C14H17NO2. The van der Waals surface area contributed by atoms with Gasteiger partial charge in [-0.2, -0.15) is 5.06 Å². The van der Waals surface area contributed by atoms with E-state index >= 15 is 0 Å². The Balaban J connectivity index is 2.41. The predicted octanol–water partition coefficient (Wildman–Crippen LogP) is 2.29. The Kier molecular flexibility index (Phi) is 3.41. The van der Waals surface area contributed by atoms with E-state index in [9.17, 15) is 4.79 Å². The van der Waals surface area contributed by atoms with Gasteiger partial charge in [-0.15, -0.1) is 6.58 Å². The SMILES string of the molecule is C=CCN1O[C@H](C)C[C@]1(C=O)c1ccccc1. The van der Waals surface area contributed by atoms with Crippen molar-refractivity contribution in [3.05, 3.63) is 48.6 Å². The summed E-state index contributed by atoms with van der Waals surface area (Å²) in [5.41, 5.74) is 0.302. The molecule has 0 aromatic heterocycles. The lowest BCUT2D eigenvalue weighted by atomic mass is 9.87. The van der Waals surface area contributed by atoms with Crippen molar-refractivity contribution >= 4 is 6.29 Å². The Labute approximate surface area is 102 Å². The lowest BCUT2D eigenvalue weighted by Gasteiger charge is -2.30. The van der Waals surface area contributed by atoms with Crippen LogP contribution in [-0.4, -0.2) is 24.0 Å². The average Bonchev–Trinajstić information content (AvgIpc) is 2.68. The lowest BCUT2D eigenvalue weighted by molar-refractivity contribution is -0.178. The number of carbonyl (C=O) groups is 1. The summed E-state index contributed by atoms with van der Waals surface area (Å²) in [6.07, 6.45) is 3.45. The van der Waals surface area contributed by atoms with Crippen LogP contribution in [0, 0.1) is 0 Å². The summed E-state index contributed by atoms with van der Waals surface area (Å²) >= 11 is 0. The Bertz CT molecular complexity index is 404. The van der Waals surface area contributed by atoms with Crippen LogP contribution in [0.3, 0.4) is 0 Å². The largest absolute Gasteiger partial charge is 0.301 e. The van der Waals surface area contributed by atoms with Crippen molar-refractivity contribution < 1.29 is 9.63 Å². The van der Waals surface area contributed by atoms with Crippen molar-refractivity contribution in [2.45, 2.75) is 25.0 Å². The van der Waals surface area contributed by atoms with E-state index in [-0.39, 0.29) is 6.10 Å². The molecule has 0 saturated carbocycles. The normalized spacial score (nSPS) is 29.1. The highest BCUT2D eigenvalue weighted by Gasteiger charge is 2.46. The van der Waals surface area contributed by atoms with E-state index < -0.39 is 5.54 Å². The molecule has 1 saturated heterocycles. The molecule has 0 aliphatic carbocycles. The average molecular weight is 231 g/mol. The highest BCUT2D eigenvalue weighted by Crippen LogP contribution is 2.38. The van der Waals surface area contributed by atoms with Gasteiger partial charge in [0.15, 0.2) is 0 Å². The third-order valence-corrected chi connectivity index (χ3v) is 3.11. The molecule has 2 rings (SSSR count). The van der Waals surface area contributed by atoms with Gasteiger partial charge in [-0.05, 0) is 12.5 Å². The van der Waals surface area contributed by atoms with Crippen LogP contribution in [0.15, 0.2) is 43.0 Å². The van der Waals surface area contributed by atoms with Gasteiger partial charge in [-0.1, -0.05) is 36.4 Å². The van der Waals surface area contributed by atoms with Gasteiger partial charge in [0.25, 0.3) is 0 Å². The fraction of sp³-hybridized carbons (Fsp3) is 0.357. The van der Waals surface area contributed by atoms with Gasteiger partial charge < -0.3 is 4.79 Å². The monoisotopic (exact) mass is 231 g/mol. The van der Waals surface area contributed by atoms with E-state index in [2.05, 4.69) is 6.58 Å². The molecule has 3 heteroatoms. The summed E-state index contributed by atoms with van der Waals surface area (Å²) in [5, 5.41) is 1.73. The van der Waals surface area contributed by atoms with Crippen LogP contribution < -0.4 is 0 Å². The van der Waals surface area contributed by atoms with Crippen molar-refractivity contribution in [3.63, 3.8) is 0 Å². The molecule has 0 N–H and O–H groups in total. The first-order chi connectivity index (χ1) is 8.23. The molecule has 0 bridgehead atoms. The smallest absolute Gasteiger partial charge is 0.147 e. The van der Waals surface area contributed by atoms with Gasteiger partial charge in [-0.25, -0.2) is 0 Å². The second-order valence-electron chi connectivity index (χ2n) is 4.38. The summed E-state index contributed by atoms with van der Waals surface area (Å²) in [7, 11) is 0. The second kappa shape index (κ2) is 4.82. The van der Waals surface area contributed by atoms with E-state index in [0.29, 0.717) is 13.0 Å². The van der Waals surface area contributed by atoms with Crippen LogP contribution in [0.25, 0.3) is 0 Å². The fourth-order valence-corrected chi connectivity index (χ4v) is 2.38. The maximum Gasteiger partial charge on any atom is 0.147 e. The molecule has 1 aromatic rings. The van der Waals surface area contributed by atoms with Gasteiger partial charge in [-0.3, -0.25) is 4.84 Å². The molecule has 1 fully saturated rings. The summed E-state index contributed by atoms with van der Waals surface area (Å²) in [5.74, 6) is 0. The summed E-state index contributed by atoms with van der Waals surface area (Å²) < 4.78 is 0. The molecule has 0 unspecified atom stereocenters. The Morgan fingerprint density at radius 1 is 1.53 bits per heavy atom. The van der Waals surface area contributed by atoms with Crippen molar-refractivity contribution in [1.82, 2.24) is 5.06 Å². The molecule has 0 amide bonds. The minimum Gasteiger partial charge on any atom is -0.301 e. The first-order valence-electron chi connectivity index (χ1n) is 5.80. The van der Waals surface area contributed by atoms with Crippen molar-refractivity contribution in [1.29, 1.82) is 0 Å². The van der Waals surface area contributed by atoms with Gasteiger partial charge >= 0.3 is 0 Å². The summed E-state index contributed by atoms with van der Waals surface area (Å²) in [6.45, 7) is 6.22. The molecule has 1 heterocycles. The number of carbonyl (C=O) groups excluding carboxylic acids is 1. The minimum atomic E-state index is -0.672. The molecule has 1 aromatic carbocycles. The third-order valence-electron chi connectivity index (χ3n) is 3.11. The Hall–Kier alpha value is -1.45. The van der Waals surface area contributed by atoms with Crippen LogP contribution in [0.2, 0.25) is 0 Å². The number of hydroxylamine groups is 2. The van der Waals surface area contributed by atoms with Crippen molar-refractivity contribution in [2.24, 2.45) is 0 Å². The number of hydrogen-bond acceptors (Lipinski definition) is 3. The molecule has 0 radical (unpaired) electrons. The Morgan fingerprint density at radius 3 is 2.82 bits per heavy atom. The maximum atomic E-state index is 11.6. The van der Waals surface area contributed by atoms with E-state index in [1.54, 1.807) is 11.1 Å². The number of aldehydes is 1. The highest BCUT2D eigenvalue weighted by molar-refractivity contribution is 5.68. The van der Waals surface area contributed by atoms with Crippen LogP contribution in [0.5, 0.6) is 0 Å². The number of benzene rings is 1. The zero-order valence-electron chi connectivity index (χ0n) is 10.0. The number of hydrogen-bond donors (Lipinski definition) is 0. The van der Waals surface area contributed by atoms with Crippen molar-refractivity contribution in [2.75, 3.05) is 6.54 Å². The van der Waals surface area contributed by atoms with Gasteiger partial charge in [0.05, 0.1) is 6.10 Å². The fourth-order valence-electron chi connectivity index (χ4n) is 2.38. The van der Waals surface area contributed by atoms with Gasteiger partial charge in [0.1, 0.15) is 11.8 Å². The molecule has 3 nitrogen and oxygen atoms in total. The van der Waals surface area contributed by atoms with E-state index in [1.165, 1.54) is 0 Å². The molecule has 90 valence electrons. The molecule has 0 spiro atoms. The van der Waals surface area contributed by atoms with Crippen LogP contribution in [0.1, 0.15) is 18.9 Å². The quantitative estimate of drug-likeness (QED) is 0.588. The minimum absolute atomic E-state index is 0.0420. The first kappa shape index (κ1) is 12.0. The standard InChI is InChI=1S/C14H17NO2/c1-3-9-15-14(11-16,10-12(2)17-15)13-7-5-4-6-8-13/h3-8,11-12H,1,9-10H2,2H3/t12-,14+/m1/s1. The molecule has 1 aliphatic heterocycles. The topological polar surface area (TPSA) is 29.5 Å². The van der Waals surface area contributed by atoms with Gasteiger partial charge in [0, 0.05) is 13.0 Å². The van der Waals surface area contributed by atoms with Crippen LogP contribution in [-0.2, 0) is 15.2 Å². The Morgan fingerprint density at radius 2 is 2.24 bits per heavy atom. The highest BCUT2D eigenvalue weighted by atomic mass is 16.7. The van der Waals surface area contributed by atoms with Crippen molar-refractivity contribution in [3.8, 4) is 0 Å². The van der Waals surface area contributed by atoms with Crippen LogP contribution >= 0.6 is 0 Å². The van der Waals surface area contributed by atoms with E-state index in [1.807, 2.05) is 37.3 Å². The van der Waals surface area contributed by atoms with Gasteiger partial charge in [0.2, 0.25) is 0 Å². The van der Waals surface area contributed by atoms with Crippen LogP contribution in [0.4, 0.5) is 0 Å². The van der Waals surface area contributed by atoms with E-state index in [4.69, 9.17) is 4.84 Å². The third kappa shape index (κ3) is 2.04. The number of nitrogens with zero attached hydrogens (tertiary/aromatic N) is 1. The lowest BCUT2D eigenvalue weighted by Crippen LogP contribution is -2.42. The second-order valence-corrected chi connectivity index (χ2v) is 4.38. The molecule has 2 atom stereocenters. The zero-order valence-corrected chi connectivity index (χ0v) is 10.0. The predicted molar refractivity (Wildman–Crippen MR) is 66.3 cm³/mol. The number of rotatable bonds is 4. The molecule has 17 heavy (non-hydrogen) atoms. The molecular weight excluding hydrogens is 214 g/mol. The maximum absolute atomic E-state index is 11.6. The summed E-state index contributed by atoms with van der Waals surface area (Å²) in [6, 6.07) is 9.75. The van der Waals surface area contributed by atoms with E-state index in [0.717, 1.165) is 11.8 Å². The zero-order chi connectivity index (χ0) is 12.3. The molecule has 1 aliphatic rings.